The molecule has 2 aromatic rings. The minimum atomic E-state index is 0.0529. The van der Waals surface area contributed by atoms with Crippen LogP contribution in [0.3, 0.4) is 0 Å². The van der Waals surface area contributed by atoms with Gasteiger partial charge in [0.05, 0.1) is 6.42 Å². The number of likely N-dealkylation sites (N-methyl/N-ethyl adjacent to an activating group) is 1. The van der Waals surface area contributed by atoms with Gasteiger partial charge in [-0.2, -0.15) is 0 Å². The van der Waals surface area contributed by atoms with Gasteiger partial charge in [0, 0.05) is 42.0 Å². The van der Waals surface area contributed by atoms with E-state index in [2.05, 4.69) is 68.9 Å². The van der Waals surface area contributed by atoms with Gasteiger partial charge < -0.3 is 10.2 Å². The summed E-state index contributed by atoms with van der Waals surface area (Å²) in [5.41, 5.74) is 4.87. The van der Waals surface area contributed by atoms with Gasteiger partial charge in [-0.1, -0.05) is 25.1 Å². The summed E-state index contributed by atoms with van der Waals surface area (Å²) in [6.07, 6.45) is 2.96. The molecule has 0 radical (unpaired) electrons. The van der Waals surface area contributed by atoms with Crippen molar-refractivity contribution in [2.24, 2.45) is 0 Å². The third kappa shape index (κ3) is 5.80. The number of nitrogens with zero attached hydrogens (tertiary/aromatic N) is 2. The Hall–Kier alpha value is -1.44. The van der Waals surface area contributed by atoms with Crippen molar-refractivity contribution in [3.8, 4) is 0 Å². The van der Waals surface area contributed by atoms with Gasteiger partial charge >= 0.3 is 0 Å². The zero-order valence-corrected chi connectivity index (χ0v) is 19.3. The molecule has 1 N–H and O–H groups in total. The van der Waals surface area contributed by atoms with Crippen molar-refractivity contribution in [1.29, 1.82) is 0 Å². The molecule has 1 saturated heterocycles. The van der Waals surface area contributed by atoms with Gasteiger partial charge in [-0.05, 0) is 88.9 Å². The lowest BCUT2D eigenvalue weighted by Gasteiger charge is -2.34. The van der Waals surface area contributed by atoms with Gasteiger partial charge in [0.25, 0.3) is 0 Å². The molecule has 154 valence electrons. The number of halogens is 1. The second kappa shape index (κ2) is 9.58. The lowest BCUT2D eigenvalue weighted by atomic mass is 10.0. The first-order chi connectivity index (χ1) is 14.1. The predicted molar refractivity (Wildman–Crippen MR) is 127 cm³/mol. The zero-order valence-electron chi connectivity index (χ0n) is 17.2. The number of carbonyl (C=O) groups excluding carboxylic acids is 1. The molecular formula is C24H30IN3O. The number of nitrogens with one attached hydrogen (secondary N) is 1. The molecule has 1 saturated carbocycles. The molecule has 0 atom stereocenters. The monoisotopic (exact) mass is 503 g/mol. The fourth-order valence-corrected chi connectivity index (χ4v) is 4.74. The quantitative estimate of drug-likeness (QED) is 0.566. The van der Waals surface area contributed by atoms with Crippen molar-refractivity contribution >= 4 is 34.2 Å². The van der Waals surface area contributed by atoms with E-state index in [1.165, 1.54) is 37.1 Å². The first-order valence-electron chi connectivity index (χ1n) is 10.7. The number of carbonyl (C=O) groups is 1. The molecule has 4 rings (SSSR count). The van der Waals surface area contributed by atoms with Crippen molar-refractivity contribution in [2.45, 2.75) is 38.6 Å². The molecule has 0 unspecified atom stereocenters. The number of anilines is 1. The highest BCUT2D eigenvalue weighted by atomic mass is 127. The fourth-order valence-electron chi connectivity index (χ4n) is 4.13. The van der Waals surface area contributed by atoms with Gasteiger partial charge in [-0.15, -0.1) is 0 Å². The second-order valence-electron chi connectivity index (χ2n) is 8.25. The van der Waals surface area contributed by atoms with E-state index in [0.29, 0.717) is 12.3 Å². The molecule has 0 bridgehead atoms. The standard InChI is InChI=1S/C24H30IN3O/c1-2-27-10-12-28(13-11-27)17-20-8-9-22(16-23(20)19-6-7-19)26-24(29)15-18-4-3-5-21(25)14-18/h3-5,8-9,14,16,19H,2,6-7,10-13,15,17H2,1H3,(H,26,29). The molecule has 0 aromatic heterocycles. The van der Waals surface area contributed by atoms with E-state index in [9.17, 15) is 4.79 Å². The Morgan fingerprint density at radius 1 is 1.07 bits per heavy atom. The van der Waals surface area contributed by atoms with Crippen molar-refractivity contribution in [3.63, 3.8) is 0 Å². The summed E-state index contributed by atoms with van der Waals surface area (Å²) in [7, 11) is 0. The largest absolute Gasteiger partial charge is 0.326 e. The topological polar surface area (TPSA) is 35.6 Å². The van der Waals surface area contributed by atoms with Gasteiger partial charge in [-0.25, -0.2) is 0 Å². The summed E-state index contributed by atoms with van der Waals surface area (Å²) in [6.45, 7) is 9.05. The summed E-state index contributed by atoms with van der Waals surface area (Å²) in [6, 6.07) is 14.7. The Balaban J connectivity index is 1.40. The van der Waals surface area contributed by atoms with Crippen LogP contribution in [0.2, 0.25) is 0 Å². The minimum absolute atomic E-state index is 0.0529. The normalized spacial score (nSPS) is 18.0. The van der Waals surface area contributed by atoms with E-state index in [0.717, 1.165) is 41.0 Å². The van der Waals surface area contributed by atoms with Crippen LogP contribution in [0.15, 0.2) is 42.5 Å². The molecule has 1 aliphatic carbocycles. The highest BCUT2D eigenvalue weighted by Crippen LogP contribution is 2.43. The molecule has 29 heavy (non-hydrogen) atoms. The number of benzene rings is 2. The Morgan fingerprint density at radius 2 is 1.83 bits per heavy atom. The maximum Gasteiger partial charge on any atom is 0.228 e. The summed E-state index contributed by atoms with van der Waals surface area (Å²) in [5.74, 6) is 0.728. The molecule has 2 aromatic carbocycles. The lowest BCUT2D eigenvalue weighted by molar-refractivity contribution is -0.115. The molecule has 0 spiro atoms. The van der Waals surface area contributed by atoms with Crippen molar-refractivity contribution in [3.05, 3.63) is 62.7 Å². The fraction of sp³-hybridized carbons (Fsp3) is 0.458. The SMILES string of the molecule is CCN1CCN(Cc2ccc(NC(=O)Cc3cccc(I)c3)cc2C2CC2)CC1. The zero-order chi connectivity index (χ0) is 20.2. The van der Waals surface area contributed by atoms with E-state index >= 15 is 0 Å². The van der Waals surface area contributed by atoms with Gasteiger partial charge in [0.2, 0.25) is 5.91 Å². The molecule has 1 heterocycles. The van der Waals surface area contributed by atoms with Crippen LogP contribution < -0.4 is 5.32 Å². The summed E-state index contributed by atoms with van der Waals surface area (Å²) in [5, 5.41) is 3.12. The second-order valence-corrected chi connectivity index (χ2v) is 9.50. The maximum absolute atomic E-state index is 12.5. The molecule has 1 amide bonds. The van der Waals surface area contributed by atoms with Crippen LogP contribution in [0.4, 0.5) is 5.69 Å². The van der Waals surface area contributed by atoms with Gasteiger partial charge in [0.1, 0.15) is 0 Å². The van der Waals surface area contributed by atoms with E-state index in [4.69, 9.17) is 0 Å². The van der Waals surface area contributed by atoms with E-state index in [1.54, 1.807) is 0 Å². The summed E-state index contributed by atoms with van der Waals surface area (Å²) < 4.78 is 1.16. The average Bonchev–Trinajstić information content (AvgIpc) is 3.55. The Labute approximate surface area is 187 Å². The van der Waals surface area contributed by atoms with E-state index in [-0.39, 0.29) is 5.91 Å². The van der Waals surface area contributed by atoms with Crippen LogP contribution in [-0.4, -0.2) is 48.4 Å². The number of piperazine rings is 1. The molecule has 1 aliphatic heterocycles. The van der Waals surface area contributed by atoms with Crippen LogP contribution >= 0.6 is 22.6 Å². The Morgan fingerprint density at radius 3 is 2.52 bits per heavy atom. The molecule has 2 aliphatic rings. The van der Waals surface area contributed by atoms with Crippen LogP contribution in [0.25, 0.3) is 0 Å². The van der Waals surface area contributed by atoms with Crippen molar-refractivity contribution in [2.75, 3.05) is 38.0 Å². The minimum Gasteiger partial charge on any atom is -0.326 e. The number of hydrogen-bond acceptors (Lipinski definition) is 3. The van der Waals surface area contributed by atoms with Crippen LogP contribution in [0, 0.1) is 3.57 Å². The van der Waals surface area contributed by atoms with Gasteiger partial charge in [0.15, 0.2) is 0 Å². The van der Waals surface area contributed by atoms with E-state index < -0.39 is 0 Å². The third-order valence-electron chi connectivity index (χ3n) is 6.01. The third-order valence-corrected chi connectivity index (χ3v) is 6.68. The summed E-state index contributed by atoms with van der Waals surface area (Å²) >= 11 is 2.29. The average molecular weight is 503 g/mol. The molecule has 2 fully saturated rings. The molecular weight excluding hydrogens is 473 g/mol. The number of hydrogen-bond donors (Lipinski definition) is 1. The lowest BCUT2D eigenvalue weighted by Crippen LogP contribution is -2.45. The smallest absolute Gasteiger partial charge is 0.228 e. The van der Waals surface area contributed by atoms with Crippen molar-refractivity contribution < 1.29 is 4.79 Å². The number of amides is 1. The number of rotatable bonds is 7. The molecule has 4 nitrogen and oxygen atoms in total. The Bertz CT molecular complexity index is 857. The van der Waals surface area contributed by atoms with E-state index in [1.807, 2.05) is 18.2 Å². The predicted octanol–water partition coefficient (Wildman–Crippen LogP) is 4.49. The van der Waals surface area contributed by atoms with Crippen LogP contribution in [0.5, 0.6) is 0 Å². The van der Waals surface area contributed by atoms with Gasteiger partial charge in [-0.3, -0.25) is 9.69 Å². The summed E-state index contributed by atoms with van der Waals surface area (Å²) in [4.78, 5) is 17.6. The van der Waals surface area contributed by atoms with Crippen molar-refractivity contribution in [1.82, 2.24) is 9.80 Å². The first kappa shape index (κ1) is 20.8. The highest BCUT2D eigenvalue weighted by Gasteiger charge is 2.27. The maximum atomic E-state index is 12.5. The molecule has 5 heteroatoms. The highest BCUT2D eigenvalue weighted by molar-refractivity contribution is 14.1. The van der Waals surface area contributed by atoms with Crippen LogP contribution in [0.1, 0.15) is 42.4 Å². The van der Waals surface area contributed by atoms with Crippen LogP contribution in [-0.2, 0) is 17.8 Å². The first-order valence-corrected chi connectivity index (χ1v) is 11.8. The Kier molecular flexibility index (Phi) is 6.88.